The van der Waals surface area contributed by atoms with E-state index in [0.29, 0.717) is 16.8 Å². The van der Waals surface area contributed by atoms with Crippen LogP contribution in [0.2, 0.25) is 0 Å². The molecule has 0 heterocycles. The summed E-state index contributed by atoms with van der Waals surface area (Å²) in [5.41, 5.74) is 9.42. The standard InChI is InChI=1S/C16H18N2O2/c1-10-3-4-11(2)14(7-10)16(20)18-9-12-8-13(17)5-6-15(12)19/h3-8,19H,9,17H2,1-2H3,(H,18,20). The molecule has 4 heteroatoms. The van der Waals surface area contributed by atoms with E-state index < -0.39 is 0 Å². The van der Waals surface area contributed by atoms with Crippen LogP contribution in [0.3, 0.4) is 0 Å². The number of aromatic hydroxyl groups is 1. The quantitative estimate of drug-likeness (QED) is 0.592. The molecule has 0 unspecified atom stereocenters. The highest BCUT2D eigenvalue weighted by atomic mass is 16.3. The molecule has 4 N–H and O–H groups in total. The molecule has 0 aliphatic carbocycles. The summed E-state index contributed by atoms with van der Waals surface area (Å²) in [6.07, 6.45) is 0. The van der Waals surface area contributed by atoms with Crippen molar-refractivity contribution >= 4 is 11.6 Å². The summed E-state index contributed by atoms with van der Waals surface area (Å²) in [5, 5.41) is 12.5. The van der Waals surface area contributed by atoms with Crippen LogP contribution in [0.5, 0.6) is 5.75 Å². The number of phenolic OH excluding ortho intramolecular Hbond substituents is 1. The van der Waals surface area contributed by atoms with Gasteiger partial charge in [-0.1, -0.05) is 17.7 Å². The maximum absolute atomic E-state index is 12.2. The van der Waals surface area contributed by atoms with Gasteiger partial charge in [-0.15, -0.1) is 0 Å². The molecule has 1 amide bonds. The minimum absolute atomic E-state index is 0.125. The van der Waals surface area contributed by atoms with Gasteiger partial charge < -0.3 is 16.2 Å². The molecule has 0 aliphatic rings. The van der Waals surface area contributed by atoms with E-state index in [0.717, 1.165) is 11.1 Å². The van der Waals surface area contributed by atoms with Crippen molar-refractivity contribution in [3.05, 3.63) is 58.7 Å². The number of phenols is 1. The van der Waals surface area contributed by atoms with Gasteiger partial charge in [0.1, 0.15) is 5.75 Å². The van der Waals surface area contributed by atoms with Crippen molar-refractivity contribution < 1.29 is 9.90 Å². The van der Waals surface area contributed by atoms with E-state index in [1.165, 1.54) is 6.07 Å². The Bertz CT molecular complexity index is 651. The second kappa shape index (κ2) is 5.65. The summed E-state index contributed by atoms with van der Waals surface area (Å²) in [5.74, 6) is -0.0338. The number of amides is 1. The lowest BCUT2D eigenvalue weighted by molar-refractivity contribution is 0.0950. The number of nitrogens with one attached hydrogen (secondary N) is 1. The SMILES string of the molecule is Cc1ccc(C)c(C(=O)NCc2cc(N)ccc2O)c1. The molecule has 0 saturated carbocycles. The largest absolute Gasteiger partial charge is 0.508 e. The van der Waals surface area contributed by atoms with E-state index in [2.05, 4.69) is 5.32 Å². The Morgan fingerprint density at radius 2 is 1.95 bits per heavy atom. The van der Waals surface area contributed by atoms with Gasteiger partial charge in [-0.25, -0.2) is 0 Å². The van der Waals surface area contributed by atoms with Crippen LogP contribution in [0.1, 0.15) is 27.0 Å². The molecule has 2 aromatic carbocycles. The van der Waals surface area contributed by atoms with Crippen LogP contribution in [-0.2, 0) is 6.54 Å². The predicted molar refractivity (Wildman–Crippen MR) is 79.6 cm³/mol. The van der Waals surface area contributed by atoms with Crippen molar-refractivity contribution in [2.75, 3.05) is 5.73 Å². The second-order valence-electron chi connectivity index (χ2n) is 4.89. The van der Waals surface area contributed by atoms with Gasteiger partial charge in [0.15, 0.2) is 0 Å². The van der Waals surface area contributed by atoms with Gasteiger partial charge in [0.05, 0.1) is 0 Å². The third-order valence-corrected chi connectivity index (χ3v) is 3.18. The van der Waals surface area contributed by atoms with Crippen molar-refractivity contribution in [2.24, 2.45) is 0 Å². The zero-order valence-electron chi connectivity index (χ0n) is 11.6. The number of rotatable bonds is 3. The Balaban J connectivity index is 2.12. The van der Waals surface area contributed by atoms with Gasteiger partial charge in [-0.2, -0.15) is 0 Å². The Morgan fingerprint density at radius 3 is 2.70 bits per heavy atom. The highest BCUT2D eigenvalue weighted by Gasteiger charge is 2.10. The summed E-state index contributed by atoms with van der Waals surface area (Å²) in [6.45, 7) is 4.08. The predicted octanol–water partition coefficient (Wildman–Crippen LogP) is 2.52. The fraction of sp³-hybridized carbons (Fsp3) is 0.188. The summed E-state index contributed by atoms with van der Waals surface area (Å²) in [4.78, 5) is 12.2. The Morgan fingerprint density at radius 1 is 1.20 bits per heavy atom. The number of benzene rings is 2. The molecule has 0 fully saturated rings. The third-order valence-electron chi connectivity index (χ3n) is 3.18. The van der Waals surface area contributed by atoms with Crippen LogP contribution in [-0.4, -0.2) is 11.0 Å². The van der Waals surface area contributed by atoms with Crippen LogP contribution in [0, 0.1) is 13.8 Å². The number of nitrogen functional groups attached to an aromatic ring is 1. The molecule has 2 rings (SSSR count). The first kappa shape index (κ1) is 13.9. The number of hydrogen-bond donors (Lipinski definition) is 3. The Labute approximate surface area is 118 Å². The fourth-order valence-electron chi connectivity index (χ4n) is 2.00. The Hall–Kier alpha value is -2.49. The van der Waals surface area contributed by atoms with Gasteiger partial charge in [0, 0.05) is 23.4 Å². The van der Waals surface area contributed by atoms with Gasteiger partial charge in [-0.05, 0) is 43.7 Å². The maximum atomic E-state index is 12.2. The van der Waals surface area contributed by atoms with Crippen molar-refractivity contribution in [1.82, 2.24) is 5.32 Å². The van der Waals surface area contributed by atoms with E-state index in [4.69, 9.17) is 5.73 Å². The number of aryl methyl sites for hydroxylation is 2. The highest BCUT2D eigenvalue weighted by Crippen LogP contribution is 2.19. The number of carbonyl (C=O) groups excluding carboxylic acids is 1. The fourth-order valence-corrected chi connectivity index (χ4v) is 2.00. The minimum Gasteiger partial charge on any atom is -0.508 e. The van der Waals surface area contributed by atoms with Gasteiger partial charge >= 0.3 is 0 Å². The zero-order chi connectivity index (χ0) is 14.7. The monoisotopic (exact) mass is 270 g/mol. The molecular weight excluding hydrogens is 252 g/mol. The van der Waals surface area contributed by atoms with Crippen LogP contribution in [0.4, 0.5) is 5.69 Å². The molecular formula is C16H18N2O2. The first-order valence-electron chi connectivity index (χ1n) is 6.40. The van der Waals surface area contributed by atoms with E-state index in [-0.39, 0.29) is 18.2 Å². The molecule has 0 radical (unpaired) electrons. The average molecular weight is 270 g/mol. The molecule has 0 bridgehead atoms. The lowest BCUT2D eigenvalue weighted by Crippen LogP contribution is -2.23. The smallest absolute Gasteiger partial charge is 0.251 e. The lowest BCUT2D eigenvalue weighted by Gasteiger charge is -2.10. The summed E-state index contributed by atoms with van der Waals surface area (Å²) >= 11 is 0. The number of hydrogen-bond acceptors (Lipinski definition) is 3. The summed E-state index contributed by atoms with van der Waals surface area (Å²) in [6, 6.07) is 10.5. The molecule has 0 saturated heterocycles. The van der Waals surface area contributed by atoms with Crippen molar-refractivity contribution in [2.45, 2.75) is 20.4 Å². The maximum Gasteiger partial charge on any atom is 0.251 e. The van der Waals surface area contributed by atoms with Crippen molar-refractivity contribution in [1.29, 1.82) is 0 Å². The van der Waals surface area contributed by atoms with Gasteiger partial charge in [0.2, 0.25) is 0 Å². The number of carbonyl (C=O) groups is 1. The average Bonchev–Trinajstić information content (AvgIpc) is 2.42. The van der Waals surface area contributed by atoms with Crippen LogP contribution >= 0.6 is 0 Å². The normalized spacial score (nSPS) is 10.3. The first-order valence-corrected chi connectivity index (χ1v) is 6.40. The van der Waals surface area contributed by atoms with Gasteiger partial charge in [-0.3, -0.25) is 4.79 Å². The Kier molecular flexibility index (Phi) is 3.94. The number of anilines is 1. The zero-order valence-corrected chi connectivity index (χ0v) is 11.6. The second-order valence-corrected chi connectivity index (χ2v) is 4.89. The van der Waals surface area contributed by atoms with Gasteiger partial charge in [0.25, 0.3) is 5.91 Å². The topological polar surface area (TPSA) is 75.4 Å². The summed E-state index contributed by atoms with van der Waals surface area (Å²) in [7, 11) is 0. The first-order chi connectivity index (χ1) is 9.47. The molecule has 0 spiro atoms. The molecule has 2 aromatic rings. The van der Waals surface area contributed by atoms with E-state index in [9.17, 15) is 9.90 Å². The van der Waals surface area contributed by atoms with Crippen molar-refractivity contribution in [3.8, 4) is 5.75 Å². The molecule has 0 aliphatic heterocycles. The van der Waals surface area contributed by atoms with Crippen LogP contribution < -0.4 is 11.1 Å². The van der Waals surface area contributed by atoms with Crippen LogP contribution in [0.25, 0.3) is 0 Å². The van der Waals surface area contributed by atoms with E-state index >= 15 is 0 Å². The third kappa shape index (κ3) is 3.09. The molecule has 0 aromatic heterocycles. The lowest BCUT2D eigenvalue weighted by atomic mass is 10.0. The van der Waals surface area contributed by atoms with E-state index in [1.807, 2.05) is 32.0 Å². The van der Waals surface area contributed by atoms with Crippen LogP contribution in [0.15, 0.2) is 36.4 Å². The minimum atomic E-state index is -0.159. The molecule has 104 valence electrons. The molecule has 0 atom stereocenters. The number of nitrogens with two attached hydrogens (primary N) is 1. The highest BCUT2D eigenvalue weighted by molar-refractivity contribution is 5.95. The van der Waals surface area contributed by atoms with Crippen molar-refractivity contribution in [3.63, 3.8) is 0 Å². The summed E-state index contributed by atoms with van der Waals surface area (Å²) < 4.78 is 0. The molecule has 4 nitrogen and oxygen atoms in total. The van der Waals surface area contributed by atoms with E-state index in [1.54, 1.807) is 12.1 Å². The molecule has 20 heavy (non-hydrogen) atoms.